The lowest BCUT2D eigenvalue weighted by atomic mass is 9.96. The number of rotatable bonds is 2. The second kappa shape index (κ2) is 5.20. The van der Waals surface area contributed by atoms with Crippen molar-refractivity contribution in [3.05, 3.63) is 64.7 Å². The highest BCUT2D eigenvalue weighted by molar-refractivity contribution is 5.37. The van der Waals surface area contributed by atoms with Crippen molar-refractivity contribution in [2.24, 2.45) is 5.73 Å². The summed E-state index contributed by atoms with van der Waals surface area (Å²) in [6.45, 7) is 1.78. The number of nitrogens with zero attached hydrogens (tertiary/aromatic N) is 1. The van der Waals surface area contributed by atoms with Gasteiger partial charge in [-0.15, -0.1) is 0 Å². The molecule has 2 rings (SSSR count). The van der Waals surface area contributed by atoms with Gasteiger partial charge in [-0.1, -0.05) is 6.07 Å². The van der Waals surface area contributed by atoms with Crippen molar-refractivity contribution in [1.29, 1.82) is 0 Å². The van der Waals surface area contributed by atoms with Gasteiger partial charge < -0.3 is 5.73 Å². The number of aryl methyl sites for hydroxylation is 1. The van der Waals surface area contributed by atoms with Gasteiger partial charge in [0.05, 0.1) is 11.6 Å². The third kappa shape index (κ3) is 2.80. The van der Waals surface area contributed by atoms with Crippen molar-refractivity contribution in [3.8, 4) is 0 Å². The van der Waals surface area contributed by atoms with Gasteiger partial charge in [0.2, 0.25) is 0 Å². The Kier molecular flexibility index (Phi) is 3.76. The molecule has 2 aromatic rings. The monoisotopic (exact) mass is 284 g/mol. The van der Waals surface area contributed by atoms with E-state index < -0.39 is 23.6 Å². The average molecular weight is 284 g/mol. The molecule has 2 N–H and O–H groups in total. The molecule has 0 saturated heterocycles. The number of hydrogen-bond donors (Lipinski definition) is 1. The predicted octanol–water partition coefficient (Wildman–Crippen LogP) is 3.60. The molecule has 2 nitrogen and oxygen atoms in total. The molecule has 1 aromatic carbocycles. The van der Waals surface area contributed by atoms with Crippen molar-refractivity contribution in [2.75, 3.05) is 0 Å². The fraction of sp³-hybridized carbons (Fsp3) is 0.214. The van der Waals surface area contributed by atoms with Crippen LogP contribution in [-0.4, -0.2) is 4.98 Å². The summed E-state index contributed by atoms with van der Waals surface area (Å²) in [4.78, 5) is 3.90. The van der Waals surface area contributed by atoms with Crippen molar-refractivity contribution in [2.45, 2.75) is 19.1 Å². The summed E-state index contributed by atoms with van der Waals surface area (Å²) in [5, 5.41) is 0. The largest absolute Gasteiger partial charge is 0.419 e. The fourth-order valence-corrected chi connectivity index (χ4v) is 1.93. The topological polar surface area (TPSA) is 38.9 Å². The molecule has 1 heterocycles. The summed E-state index contributed by atoms with van der Waals surface area (Å²) < 4.78 is 51.3. The van der Waals surface area contributed by atoms with Gasteiger partial charge in [0.15, 0.2) is 0 Å². The van der Waals surface area contributed by atoms with Crippen LogP contribution < -0.4 is 5.73 Å². The number of nitrogens with two attached hydrogens (primary N) is 1. The zero-order valence-corrected chi connectivity index (χ0v) is 10.6. The first-order valence-corrected chi connectivity index (χ1v) is 5.83. The van der Waals surface area contributed by atoms with Gasteiger partial charge in [-0.05, 0) is 41.8 Å². The van der Waals surface area contributed by atoms with Gasteiger partial charge in [0.25, 0.3) is 0 Å². The SMILES string of the molecule is Cc1ccncc1C(N)c1ccc(F)c(C(F)(F)F)c1. The average Bonchev–Trinajstić information content (AvgIpc) is 2.37. The molecular weight excluding hydrogens is 272 g/mol. The van der Waals surface area contributed by atoms with E-state index in [4.69, 9.17) is 5.73 Å². The van der Waals surface area contributed by atoms with Gasteiger partial charge in [-0.2, -0.15) is 13.2 Å². The van der Waals surface area contributed by atoms with Crippen LogP contribution in [0.2, 0.25) is 0 Å². The van der Waals surface area contributed by atoms with E-state index in [1.54, 1.807) is 19.2 Å². The minimum Gasteiger partial charge on any atom is -0.320 e. The molecule has 0 fully saturated rings. The van der Waals surface area contributed by atoms with Crippen molar-refractivity contribution in [3.63, 3.8) is 0 Å². The first-order chi connectivity index (χ1) is 9.30. The van der Waals surface area contributed by atoms with Gasteiger partial charge in [0.1, 0.15) is 5.82 Å². The standard InChI is InChI=1S/C14H12F4N2/c1-8-4-5-20-7-10(8)13(19)9-2-3-12(15)11(6-9)14(16,17)18/h2-7,13H,19H2,1H3. The number of alkyl halides is 3. The zero-order valence-electron chi connectivity index (χ0n) is 10.6. The normalized spacial score (nSPS) is 13.3. The number of aromatic nitrogens is 1. The molecule has 1 aromatic heterocycles. The van der Waals surface area contributed by atoms with Crippen LogP contribution in [0.5, 0.6) is 0 Å². The van der Waals surface area contributed by atoms with Gasteiger partial charge in [0, 0.05) is 12.4 Å². The van der Waals surface area contributed by atoms with E-state index in [9.17, 15) is 17.6 Å². The molecule has 1 unspecified atom stereocenters. The van der Waals surface area contributed by atoms with E-state index >= 15 is 0 Å². The molecule has 0 radical (unpaired) electrons. The Balaban J connectivity index is 2.46. The van der Waals surface area contributed by atoms with Crippen LogP contribution >= 0.6 is 0 Å². The number of benzene rings is 1. The Bertz CT molecular complexity index is 623. The summed E-state index contributed by atoms with van der Waals surface area (Å²) in [5.74, 6) is -1.31. The van der Waals surface area contributed by atoms with E-state index in [1.807, 2.05) is 0 Å². The fourth-order valence-electron chi connectivity index (χ4n) is 1.93. The van der Waals surface area contributed by atoms with Crippen molar-refractivity contribution >= 4 is 0 Å². The molecular formula is C14H12F4N2. The van der Waals surface area contributed by atoms with Gasteiger partial charge >= 0.3 is 6.18 Å². The molecule has 0 amide bonds. The maximum Gasteiger partial charge on any atom is 0.419 e. The van der Waals surface area contributed by atoms with Crippen LogP contribution in [0.3, 0.4) is 0 Å². The highest BCUT2D eigenvalue weighted by atomic mass is 19.4. The Morgan fingerprint density at radius 1 is 1.20 bits per heavy atom. The lowest BCUT2D eigenvalue weighted by Crippen LogP contribution is -2.16. The number of pyridine rings is 1. The molecule has 0 spiro atoms. The number of halogens is 4. The molecule has 0 bridgehead atoms. The van der Waals surface area contributed by atoms with E-state index in [1.165, 1.54) is 12.3 Å². The first kappa shape index (κ1) is 14.5. The van der Waals surface area contributed by atoms with Crippen LogP contribution in [0.4, 0.5) is 17.6 Å². The van der Waals surface area contributed by atoms with Gasteiger partial charge in [-0.25, -0.2) is 4.39 Å². The third-order valence-electron chi connectivity index (χ3n) is 3.07. The van der Waals surface area contributed by atoms with Gasteiger partial charge in [-0.3, -0.25) is 4.98 Å². The van der Waals surface area contributed by atoms with Crippen molar-refractivity contribution < 1.29 is 17.6 Å². The lowest BCUT2D eigenvalue weighted by Gasteiger charge is -2.17. The Morgan fingerprint density at radius 3 is 2.50 bits per heavy atom. The van der Waals surface area contributed by atoms with Crippen LogP contribution in [0.15, 0.2) is 36.7 Å². The quantitative estimate of drug-likeness (QED) is 0.856. The number of hydrogen-bond acceptors (Lipinski definition) is 2. The zero-order chi connectivity index (χ0) is 14.9. The second-order valence-electron chi connectivity index (χ2n) is 4.45. The van der Waals surface area contributed by atoms with Crippen LogP contribution in [0.1, 0.15) is 28.3 Å². The highest BCUT2D eigenvalue weighted by Crippen LogP contribution is 2.33. The third-order valence-corrected chi connectivity index (χ3v) is 3.07. The lowest BCUT2D eigenvalue weighted by molar-refractivity contribution is -0.140. The summed E-state index contributed by atoms with van der Waals surface area (Å²) in [6.07, 6.45) is -1.68. The van der Waals surface area contributed by atoms with E-state index in [-0.39, 0.29) is 5.56 Å². The minimum absolute atomic E-state index is 0.190. The van der Waals surface area contributed by atoms with Crippen LogP contribution in [0, 0.1) is 12.7 Å². The summed E-state index contributed by atoms with van der Waals surface area (Å²) >= 11 is 0. The van der Waals surface area contributed by atoms with Crippen molar-refractivity contribution in [1.82, 2.24) is 4.98 Å². The Labute approximate surface area is 113 Å². The van der Waals surface area contributed by atoms with Crippen LogP contribution in [0.25, 0.3) is 0 Å². The molecule has 6 heteroatoms. The highest BCUT2D eigenvalue weighted by Gasteiger charge is 2.34. The summed E-state index contributed by atoms with van der Waals surface area (Å²) in [7, 11) is 0. The molecule has 1 atom stereocenters. The maximum atomic E-state index is 13.2. The van der Waals surface area contributed by atoms with E-state index in [0.29, 0.717) is 5.56 Å². The smallest absolute Gasteiger partial charge is 0.320 e. The minimum atomic E-state index is -4.75. The Hall–Kier alpha value is -1.95. The molecule has 0 aliphatic heterocycles. The second-order valence-corrected chi connectivity index (χ2v) is 4.45. The Morgan fingerprint density at radius 2 is 1.90 bits per heavy atom. The predicted molar refractivity (Wildman–Crippen MR) is 66.4 cm³/mol. The molecule has 0 aliphatic carbocycles. The van der Waals surface area contributed by atoms with E-state index in [0.717, 1.165) is 17.7 Å². The molecule has 0 saturated carbocycles. The summed E-state index contributed by atoms with van der Waals surface area (Å²) in [5.41, 5.74) is 6.24. The summed E-state index contributed by atoms with van der Waals surface area (Å²) in [6, 6.07) is 3.70. The maximum absolute atomic E-state index is 13.2. The molecule has 20 heavy (non-hydrogen) atoms. The van der Waals surface area contributed by atoms with E-state index in [2.05, 4.69) is 4.98 Å². The van der Waals surface area contributed by atoms with Crippen LogP contribution in [-0.2, 0) is 6.18 Å². The molecule has 0 aliphatic rings. The first-order valence-electron chi connectivity index (χ1n) is 5.83. The molecule has 106 valence electrons.